The second kappa shape index (κ2) is 12.9. The molecule has 0 aromatic carbocycles. The van der Waals surface area contributed by atoms with Crippen LogP contribution in [0, 0.1) is 0 Å². The molecule has 0 spiro atoms. The van der Waals surface area contributed by atoms with Crippen molar-refractivity contribution in [3.63, 3.8) is 0 Å². The molecule has 2 aliphatic carbocycles. The van der Waals surface area contributed by atoms with E-state index in [0.29, 0.717) is 25.7 Å². The molecule has 2 aliphatic rings. The van der Waals surface area contributed by atoms with E-state index in [1.807, 2.05) is 0 Å². The maximum absolute atomic E-state index is 9.94. The van der Waals surface area contributed by atoms with Crippen LogP contribution in [0.4, 0.5) is 0 Å². The molecule has 6 nitrogen and oxygen atoms in total. The predicted octanol–water partition coefficient (Wildman–Crippen LogP) is 0.430. The van der Waals surface area contributed by atoms with Crippen LogP contribution < -0.4 is 10.2 Å². The van der Waals surface area contributed by atoms with E-state index in [2.05, 4.69) is 13.8 Å². The van der Waals surface area contributed by atoms with Crippen molar-refractivity contribution in [2.75, 3.05) is 0 Å². The van der Waals surface area contributed by atoms with Crippen LogP contribution in [-0.4, -0.2) is 54.5 Å². The third kappa shape index (κ3) is 9.80. The van der Waals surface area contributed by atoms with Crippen LogP contribution in [0.1, 0.15) is 78.1 Å². The van der Waals surface area contributed by atoms with E-state index in [1.165, 1.54) is 25.7 Å². The number of aliphatic hydroxyl groups is 2. The number of hydrogen-bond acceptors (Lipinski definition) is 6. The van der Waals surface area contributed by atoms with Gasteiger partial charge in [-0.15, -0.1) is 0 Å². The van der Waals surface area contributed by atoms with Gasteiger partial charge < -0.3 is 30.0 Å². The van der Waals surface area contributed by atoms with Crippen molar-refractivity contribution in [1.29, 1.82) is 0 Å². The van der Waals surface area contributed by atoms with Crippen molar-refractivity contribution in [1.82, 2.24) is 0 Å². The molecule has 2 N–H and O–H groups in total. The average Bonchev–Trinajstić information content (AvgIpc) is 2.51. The Hall–Kier alpha value is -0.341. The summed E-state index contributed by atoms with van der Waals surface area (Å²) in [4.78, 5) is 19.9. The van der Waals surface area contributed by atoms with Crippen LogP contribution in [-0.2, 0) is 9.59 Å². The summed E-state index contributed by atoms with van der Waals surface area (Å²) in [5.41, 5.74) is -2.94. The molecule has 25 heavy (non-hydrogen) atoms. The number of carboxylic acids is 2. The smallest absolute Gasteiger partial charge is 0.104 e. The van der Waals surface area contributed by atoms with E-state index in [9.17, 15) is 19.8 Å². The Morgan fingerprint density at radius 1 is 0.840 bits per heavy atom. The Labute approximate surface area is 161 Å². The van der Waals surface area contributed by atoms with E-state index in [4.69, 9.17) is 10.2 Å². The van der Waals surface area contributed by atoms with Crippen molar-refractivity contribution >= 4 is 33.1 Å². The SMILES string of the molecule is CCC[CH2][Sn+2][CH2]CCC.O=C([O-])C1(O)CCC1.O=C([O-])C1(O)CCC1. The minimum atomic E-state index is -1.47. The monoisotopic (exact) mass is 464 g/mol. The number of unbranched alkanes of at least 4 members (excludes halogenated alkanes) is 2. The largest absolute Gasteiger partial charge is 0.547 e. The van der Waals surface area contributed by atoms with Crippen molar-refractivity contribution in [2.24, 2.45) is 0 Å². The second-order valence-electron chi connectivity index (χ2n) is 6.80. The van der Waals surface area contributed by atoms with Gasteiger partial charge in [-0.1, -0.05) is 0 Å². The number of carbonyl (C=O) groups is 2. The average molecular weight is 463 g/mol. The van der Waals surface area contributed by atoms with Crippen LogP contribution >= 0.6 is 0 Å². The minimum absolute atomic E-state index is 0.149. The molecule has 0 radical (unpaired) electrons. The molecule has 2 saturated carbocycles. The fourth-order valence-corrected chi connectivity index (χ4v) is 6.32. The van der Waals surface area contributed by atoms with Crippen LogP contribution in [0.2, 0.25) is 8.87 Å². The van der Waals surface area contributed by atoms with Crippen molar-refractivity contribution in [3.05, 3.63) is 0 Å². The van der Waals surface area contributed by atoms with E-state index in [1.54, 1.807) is 8.87 Å². The molecule has 0 aromatic heterocycles. The Morgan fingerprint density at radius 3 is 1.28 bits per heavy atom. The molecular weight excluding hydrogens is 431 g/mol. The van der Waals surface area contributed by atoms with Gasteiger partial charge in [-0.3, -0.25) is 0 Å². The van der Waals surface area contributed by atoms with Crippen molar-refractivity contribution in [3.8, 4) is 0 Å². The van der Waals surface area contributed by atoms with E-state index < -0.39 is 23.1 Å². The van der Waals surface area contributed by atoms with Gasteiger partial charge in [-0.2, -0.15) is 0 Å². The third-order valence-corrected chi connectivity index (χ3v) is 8.57. The summed E-state index contributed by atoms with van der Waals surface area (Å²) in [6, 6.07) is 0. The standard InChI is InChI=1S/2C5H8O3.2C4H9.Sn/c2*6-4(7)5(8)2-1-3-5;2*1-3-4-2;/h2*8H,1-3H2,(H,6,7);2*1,3-4H2,2H3;/q;;;;+2/p-2. The van der Waals surface area contributed by atoms with E-state index in [-0.39, 0.29) is 21.1 Å². The molecule has 144 valence electrons. The molecule has 0 atom stereocenters. The van der Waals surface area contributed by atoms with Crippen molar-refractivity contribution < 1.29 is 30.0 Å². The van der Waals surface area contributed by atoms with Gasteiger partial charge in [-0.05, 0) is 38.5 Å². The second-order valence-corrected chi connectivity index (χ2v) is 11.1. The summed E-state index contributed by atoms with van der Waals surface area (Å²) in [5.74, 6) is -2.66. The van der Waals surface area contributed by atoms with Gasteiger partial charge in [0.05, 0.1) is 11.9 Å². The van der Waals surface area contributed by atoms with Gasteiger partial charge in [0.1, 0.15) is 11.2 Å². The van der Waals surface area contributed by atoms with Gasteiger partial charge in [0, 0.05) is 0 Å². The van der Waals surface area contributed by atoms with Gasteiger partial charge >= 0.3 is 69.5 Å². The van der Waals surface area contributed by atoms with Crippen molar-refractivity contribution in [2.45, 2.75) is 98.1 Å². The number of aliphatic carboxylic acids is 2. The number of carboxylic acid groups (broad SMARTS) is 2. The Bertz CT molecular complexity index is 355. The molecule has 2 fully saturated rings. The Balaban J connectivity index is 0.000000346. The molecule has 0 aromatic rings. The van der Waals surface area contributed by atoms with Gasteiger partial charge in [0.2, 0.25) is 0 Å². The Morgan fingerprint density at radius 2 is 1.16 bits per heavy atom. The zero-order valence-corrected chi connectivity index (χ0v) is 18.4. The summed E-state index contributed by atoms with van der Waals surface area (Å²) >= 11 is 0.149. The Kier molecular flexibility index (Phi) is 12.7. The zero-order chi connectivity index (χ0) is 19.3. The van der Waals surface area contributed by atoms with Crippen LogP contribution in [0.15, 0.2) is 0 Å². The summed E-state index contributed by atoms with van der Waals surface area (Å²) in [7, 11) is 0. The van der Waals surface area contributed by atoms with Gasteiger partial charge in [-0.25, -0.2) is 0 Å². The summed E-state index contributed by atoms with van der Waals surface area (Å²) < 4.78 is 3.25. The first-order chi connectivity index (χ1) is 11.7. The number of rotatable bonds is 8. The first-order valence-electron chi connectivity index (χ1n) is 9.30. The molecule has 0 amide bonds. The first-order valence-corrected chi connectivity index (χ1v) is 13.3. The molecule has 2 rings (SSSR count). The van der Waals surface area contributed by atoms with E-state index >= 15 is 0 Å². The summed E-state index contributed by atoms with van der Waals surface area (Å²) in [6.07, 6.45) is 8.86. The summed E-state index contributed by atoms with van der Waals surface area (Å²) in [5, 5.41) is 37.5. The molecule has 7 heteroatoms. The minimum Gasteiger partial charge on any atom is -0.547 e. The fourth-order valence-electron chi connectivity index (χ4n) is 2.16. The topological polar surface area (TPSA) is 121 Å². The molecule has 0 aliphatic heterocycles. The molecular formula is C18H32O6Sn. The third-order valence-electron chi connectivity index (χ3n) is 4.54. The number of hydrogen-bond donors (Lipinski definition) is 2. The predicted molar refractivity (Wildman–Crippen MR) is 92.8 cm³/mol. The first kappa shape index (κ1) is 24.7. The van der Waals surface area contributed by atoms with Crippen LogP contribution in [0.5, 0.6) is 0 Å². The number of carbonyl (C=O) groups excluding carboxylic acids is 2. The molecule has 0 heterocycles. The molecule has 0 saturated heterocycles. The van der Waals surface area contributed by atoms with Gasteiger partial charge in [0.15, 0.2) is 0 Å². The molecule has 0 bridgehead atoms. The quantitative estimate of drug-likeness (QED) is 0.398. The summed E-state index contributed by atoms with van der Waals surface area (Å²) in [6.45, 7) is 4.58. The van der Waals surface area contributed by atoms with Crippen LogP contribution in [0.3, 0.4) is 0 Å². The molecule has 0 unspecified atom stereocenters. The maximum atomic E-state index is 9.94. The normalized spacial score (nSPS) is 18.7. The zero-order valence-electron chi connectivity index (χ0n) is 15.5. The van der Waals surface area contributed by atoms with Crippen LogP contribution in [0.25, 0.3) is 0 Å². The fraction of sp³-hybridized carbons (Fsp3) is 0.889. The van der Waals surface area contributed by atoms with Gasteiger partial charge in [0.25, 0.3) is 0 Å². The maximum Gasteiger partial charge on any atom is 0.104 e. The van der Waals surface area contributed by atoms with E-state index in [0.717, 1.165) is 12.8 Å².